The Labute approximate surface area is 312 Å². The minimum absolute atomic E-state index is 0.0362. The van der Waals surface area contributed by atoms with Crippen LogP contribution in [0.15, 0.2) is 0 Å². The molecule has 2 atom stereocenters. The number of phosphoric acid groups is 1. The lowest BCUT2D eigenvalue weighted by atomic mass is 10.0. The maximum Gasteiger partial charge on any atom is 0.306 e. The van der Waals surface area contributed by atoms with Crippen molar-refractivity contribution >= 4 is 19.8 Å². The monoisotopic (exact) mass is 752 g/mol. The van der Waals surface area contributed by atoms with Crippen LogP contribution in [0.3, 0.4) is 0 Å². The summed E-state index contributed by atoms with van der Waals surface area (Å²) in [4.78, 5) is 37.4. The molecule has 1 unspecified atom stereocenters. The Kier molecular flexibility index (Phi) is 34.0. The van der Waals surface area contributed by atoms with Crippen LogP contribution >= 0.6 is 7.82 Å². The van der Waals surface area contributed by atoms with Crippen molar-refractivity contribution in [3.8, 4) is 0 Å². The highest BCUT2D eigenvalue weighted by atomic mass is 31.2. The molecular weight excluding hydrogens is 672 g/mol. The number of hydrogen-bond acceptors (Lipinski definition) is 8. The fourth-order valence-electron chi connectivity index (χ4n) is 5.85. The Morgan fingerprint density at radius 1 is 0.588 bits per heavy atom. The van der Waals surface area contributed by atoms with Crippen LogP contribution in [0.2, 0.25) is 0 Å². The largest absolute Gasteiger partial charge is 0.756 e. The van der Waals surface area contributed by atoms with Gasteiger partial charge in [0.2, 0.25) is 0 Å². The summed E-state index contributed by atoms with van der Waals surface area (Å²) < 4.78 is 45.9. The molecule has 0 aliphatic carbocycles. The standard InChI is InChI=1S/C40H79FNO8P/c1-5-6-7-8-9-10-11-13-16-19-22-25-28-31-39(43)47-36-38(37-49-51(45,46)48-35-34-42(2,3)4)50-40(44)32-29-26-23-20-17-14-12-15-18-21-24-27-30-33-41/h38H,5-37H2,1-4H3/t38-/m1/s1. The maximum atomic E-state index is 12.6. The minimum Gasteiger partial charge on any atom is -0.756 e. The number of ether oxygens (including phenoxy) is 2. The first-order chi connectivity index (χ1) is 24.5. The molecule has 0 aromatic carbocycles. The van der Waals surface area contributed by atoms with E-state index < -0.39 is 32.5 Å². The van der Waals surface area contributed by atoms with E-state index in [1.165, 1.54) is 103 Å². The third-order valence-corrected chi connectivity index (χ3v) is 10.1. The second-order valence-electron chi connectivity index (χ2n) is 15.4. The predicted octanol–water partition coefficient (Wildman–Crippen LogP) is 10.6. The molecule has 0 spiro atoms. The second-order valence-corrected chi connectivity index (χ2v) is 16.8. The van der Waals surface area contributed by atoms with E-state index >= 15 is 0 Å². The normalized spacial score (nSPS) is 13.6. The van der Waals surface area contributed by atoms with Crippen molar-refractivity contribution in [2.24, 2.45) is 0 Å². The van der Waals surface area contributed by atoms with Gasteiger partial charge < -0.3 is 27.9 Å². The molecule has 0 aliphatic rings. The Balaban J connectivity index is 4.35. The van der Waals surface area contributed by atoms with Crippen molar-refractivity contribution in [2.45, 2.75) is 193 Å². The Morgan fingerprint density at radius 2 is 0.980 bits per heavy atom. The average Bonchev–Trinajstić information content (AvgIpc) is 3.07. The van der Waals surface area contributed by atoms with Crippen LogP contribution in [0.5, 0.6) is 0 Å². The van der Waals surface area contributed by atoms with Crippen molar-refractivity contribution in [1.29, 1.82) is 0 Å². The van der Waals surface area contributed by atoms with E-state index in [1.807, 2.05) is 21.1 Å². The molecule has 0 fully saturated rings. The Bertz CT molecular complexity index is 857. The molecule has 0 bridgehead atoms. The number of hydrogen-bond donors (Lipinski definition) is 0. The van der Waals surface area contributed by atoms with E-state index in [-0.39, 0.29) is 32.7 Å². The number of nitrogens with zero attached hydrogens (tertiary/aromatic N) is 1. The summed E-state index contributed by atoms with van der Waals surface area (Å²) in [6.07, 6.45) is 29.2. The third kappa shape index (κ3) is 38.5. The SMILES string of the molecule is CCCCCCCCCCCCCCCC(=O)OC[C@H](COP(=O)([O-])OCC[N+](C)(C)C)OC(=O)CCCCCCCCCCCCCCCF. The molecule has 51 heavy (non-hydrogen) atoms. The summed E-state index contributed by atoms with van der Waals surface area (Å²) in [5.41, 5.74) is 0. The van der Waals surface area contributed by atoms with Crippen LogP contribution in [0.25, 0.3) is 0 Å². The Morgan fingerprint density at radius 3 is 1.39 bits per heavy atom. The lowest BCUT2D eigenvalue weighted by Crippen LogP contribution is -2.37. The van der Waals surface area contributed by atoms with E-state index in [0.717, 1.165) is 51.4 Å². The zero-order chi connectivity index (χ0) is 37.9. The van der Waals surface area contributed by atoms with Gasteiger partial charge in [-0.3, -0.25) is 18.5 Å². The summed E-state index contributed by atoms with van der Waals surface area (Å²) >= 11 is 0. The number of halogens is 1. The number of carbonyl (C=O) groups is 2. The molecule has 11 heteroatoms. The highest BCUT2D eigenvalue weighted by Crippen LogP contribution is 2.38. The molecule has 0 radical (unpaired) electrons. The van der Waals surface area contributed by atoms with Gasteiger partial charge in [-0.1, -0.05) is 155 Å². The van der Waals surface area contributed by atoms with Gasteiger partial charge in [-0.25, -0.2) is 0 Å². The van der Waals surface area contributed by atoms with Gasteiger partial charge in [-0.15, -0.1) is 0 Å². The smallest absolute Gasteiger partial charge is 0.306 e. The lowest BCUT2D eigenvalue weighted by molar-refractivity contribution is -0.870. The molecule has 0 aromatic rings. The zero-order valence-electron chi connectivity index (χ0n) is 33.5. The molecule has 0 saturated carbocycles. The fraction of sp³-hybridized carbons (Fsp3) is 0.950. The fourth-order valence-corrected chi connectivity index (χ4v) is 6.58. The molecule has 0 rings (SSSR count). The summed E-state index contributed by atoms with van der Waals surface area (Å²) in [5.74, 6) is -0.855. The van der Waals surface area contributed by atoms with Crippen molar-refractivity contribution in [2.75, 3.05) is 54.2 Å². The van der Waals surface area contributed by atoms with Crippen molar-refractivity contribution < 1.29 is 46.4 Å². The van der Waals surface area contributed by atoms with Crippen molar-refractivity contribution in [3.63, 3.8) is 0 Å². The van der Waals surface area contributed by atoms with Gasteiger partial charge in [0.15, 0.2) is 6.10 Å². The predicted molar refractivity (Wildman–Crippen MR) is 204 cm³/mol. The van der Waals surface area contributed by atoms with Gasteiger partial charge in [0, 0.05) is 12.8 Å². The van der Waals surface area contributed by atoms with Crippen molar-refractivity contribution in [3.05, 3.63) is 0 Å². The molecule has 0 saturated heterocycles. The van der Waals surface area contributed by atoms with Gasteiger partial charge in [-0.2, -0.15) is 0 Å². The van der Waals surface area contributed by atoms with Crippen LogP contribution < -0.4 is 4.89 Å². The van der Waals surface area contributed by atoms with Gasteiger partial charge in [0.25, 0.3) is 7.82 Å². The number of quaternary nitrogens is 1. The van der Waals surface area contributed by atoms with Gasteiger partial charge in [-0.05, 0) is 19.3 Å². The summed E-state index contributed by atoms with van der Waals surface area (Å²) in [5, 5.41) is 0. The molecule has 0 aliphatic heterocycles. The summed E-state index contributed by atoms with van der Waals surface area (Å²) in [6, 6.07) is 0. The van der Waals surface area contributed by atoms with Crippen LogP contribution in [0, 0.1) is 0 Å². The third-order valence-electron chi connectivity index (χ3n) is 9.16. The number of alkyl halides is 1. The zero-order valence-corrected chi connectivity index (χ0v) is 34.3. The number of phosphoric ester groups is 1. The molecule has 0 aromatic heterocycles. The highest BCUT2D eigenvalue weighted by molar-refractivity contribution is 7.45. The Hall–Kier alpha value is -1.06. The first-order valence-corrected chi connectivity index (χ1v) is 22.3. The second kappa shape index (κ2) is 34.7. The van der Waals surface area contributed by atoms with Gasteiger partial charge in [0.1, 0.15) is 19.8 Å². The van der Waals surface area contributed by atoms with E-state index in [1.54, 1.807) is 0 Å². The van der Waals surface area contributed by atoms with Gasteiger partial charge >= 0.3 is 11.9 Å². The molecule has 304 valence electrons. The molecule has 0 heterocycles. The van der Waals surface area contributed by atoms with Crippen molar-refractivity contribution in [1.82, 2.24) is 0 Å². The highest BCUT2D eigenvalue weighted by Gasteiger charge is 2.21. The van der Waals surface area contributed by atoms with E-state index in [0.29, 0.717) is 23.9 Å². The van der Waals surface area contributed by atoms with Crippen LogP contribution in [0.4, 0.5) is 4.39 Å². The van der Waals surface area contributed by atoms with E-state index in [2.05, 4.69) is 6.92 Å². The lowest BCUT2D eigenvalue weighted by Gasteiger charge is -2.28. The first kappa shape index (κ1) is 49.9. The van der Waals surface area contributed by atoms with E-state index in [9.17, 15) is 23.4 Å². The van der Waals surface area contributed by atoms with Crippen LogP contribution in [-0.2, 0) is 32.7 Å². The number of rotatable bonds is 39. The molecule has 0 N–H and O–H groups in total. The number of carbonyl (C=O) groups excluding carboxylic acids is 2. The molecule has 0 amide bonds. The number of likely N-dealkylation sites (N-methyl/N-ethyl adjacent to an activating group) is 1. The quantitative estimate of drug-likeness (QED) is 0.0264. The van der Waals surface area contributed by atoms with Crippen LogP contribution in [0.1, 0.15) is 187 Å². The summed E-state index contributed by atoms with van der Waals surface area (Å²) in [6.45, 7) is 1.74. The van der Waals surface area contributed by atoms with E-state index in [4.69, 9.17) is 18.5 Å². The molecule has 9 nitrogen and oxygen atoms in total. The maximum absolute atomic E-state index is 12.6. The topological polar surface area (TPSA) is 111 Å². The average molecular weight is 752 g/mol. The van der Waals surface area contributed by atoms with Gasteiger partial charge in [0.05, 0.1) is 34.4 Å². The number of esters is 2. The number of unbranched alkanes of at least 4 members (excludes halogenated alkanes) is 24. The minimum atomic E-state index is -4.62. The first-order valence-electron chi connectivity index (χ1n) is 20.8. The van der Waals surface area contributed by atoms with Crippen LogP contribution in [-0.4, -0.2) is 76.7 Å². The molecular formula is C40H79FNO8P. The summed E-state index contributed by atoms with van der Waals surface area (Å²) in [7, 11) is 1.14.